The zero-order valence-electron chi connectivity index (χ0n) is 7.58. The summed E-state index contributed by atoms with van der Waals surface area (Å²) in [5, 5.41) is 0. The van der Waals surface area contributed by atoms with Gasteiger partial charge in [-0.3, -0.25) is 0 Å². The summed E-state index contributed by atoms with van der Waals surface area (Å²) in [6.07, 6.45) is 9.92. The summed E-state index contributed by atoms with van der Waals surface area (Å²) in [5.41, 5.74) is 0. The van der Waals surface area contributed by atoms with Crippen LogP contribution in [0.2, 0.25) is 0 Å². The molecule has 0 atom stereocenters. The number of halogens is 1. The van der Waals surface area contributed by atoms with Gasteiger partial charge in [0.25, 0.3) is 0 Å². The van der Waals surface area contributed by atoms with Gasteiger partial charge in [0.2, 0.25) is 9.05 Å². The fraction of sp³-hybridized carbons (Fsp3) is 0.778. The fourth-order valence-corrected chi connectivity index (χ4v) is 2.25. The Kier molecular flexibility index (Phi) is 4.26. The highest BCUT2D eigenvalue weighted by molar-refractivity contribution is 8.13. The molecule has 2 nitrogen and oxygen atoms in total. The normalized spacial score (nSPS) is 21.0. The fourth-order valence-electron chi connectivity index (χ4n) is 1.69. The van der Waals surface area contributed by atoms with Gasteiger partial charge in [0.05, 0.1) is 5.75 Å². The SMILES string of the molecule is O=S(=O)(Cl)CC=CC1CCCCC1. The molecule has 1 aliphatic carbocycles. The summed E-state index contributed by atoms with van der Waals surface area (Å²) >= 11 is 0. The first-order valence-electron chi connectivity index (χ1n) is 4.67. The van der Waals surface area contributed by atoms with Crippen LogP contribution >= 0.6 is 10.7 Å². The number of hydrogen-bond donors (Lipinski definition) is 0. The Morgan fingerprint density at radius 1 is 1.23 bits per heavy atom. The summed E-state index contributed by atoms with van der Waals surface area (Å²) in [5.74, 6) is 0.539. The highest BCUT2D eigenvalue weighted by atomic mass is 35.7. The molecule has 0 unspecified atom stereocenters. The van der Waals surface area contributed by atoms with Crippen LogP contribution in [0.1, 0.15) is 32.1 Å². The van der Waals surface area contributed by atoms with E-state index in [1.54, 1.807) is 6.08 Å². The van der Waals surface area contributed by atoms with E-state index < -0.39 is 9.05 Å². The van der Waals surface area contributed by atoms with Crippen LogP contribution in [0, 0.1) is 5.92 Å². The summed E-state index contributed by atoms with van der Waals surface area (Å²) < 4.78 is 21.2. The van der Waals surface area contributed by atoms with E-state index in [9.17, 15) is 8.42 Å². The van der Waals surface area contributed by atoms with Crippen molar-refractivity contribution in [3.05, 3.63) is 12.2 Å². The summed E-state index contributed by atoms with van der Waals surface area (Å²) in [4.78, 5) is 0. The lowest BCUT2D eigenvalue weighted by Gasteiger charge is -2.17. The van der Waals surface area contributed by atoms with Crippen LogP contribution in [-0.2, 0) is 9.05 Å². The van der Waals surface area contributed by atoms with Crippen LogP contribution in [0.4, 0.5) is 0 Å². The molecule has 1 fully saturated rings. The van der Waals surface area contributed by atoms with Crippen LogP contribution < -0.4 is 0 Å². The van der Waals surface area contributed by atoms with Crippen molar-refractivity contribution in [3.8, 4) is 0 Å². The second kappa shape index (κ2) is 5.01. The predicted molar refractivity (Wildman–Crippen MR) is 55.4 cm³/mol. The van der Waals surface area contributed by atoms with E-state index in [-0.39, 0.29) is 5.75 Å². The van der Waals surface area contributed by atoms with E-state index in [4.69, 9.17) is 10.7 Å². The van der Waals surface area contributed by atoms with Crippen molar-refractivity contribution in [2.75, 3.05) is 5.75 Å². The molecule has 13 heavy (non-hydrogen) atoms. The topological polar surface area (TPSA) is 34.1 Å². The largest absolute Gasteiger partial charge is 0.236 e. The molecule has 4 heteroatoms. The van der Waals surface area contributed by atoms with Gasteiger partial charge in [0.1, 0.15) is 0 Å². The maximum atomic E-state index is 10.6. The van der Waals surface area contributed by atoms with Crippen LogP contribution in [0.15, 0.2) is 12.2 Å². The Labute approximate surface area is 84.4 Å². The van der Waals surface area contributed by atoms with E-state index in [1.165, 1.54) is 32.1 Å². The Balaban J connectivity index is 2.30. The van der Waals surface area contributed by atoms with Gasteiger partial charge in [0, 0.05) is 10.7 Å². The van der Waals surface area contributed by atoms with E-state index in [2.05, 4.69) is 0 Å². The van der Waals surface area contributed by atoms with Gasteiger partial charge in [-0.05, 0) is 18.8 Å². The molecule has 0 N–H and O–H groups in total. The molecule has 0 aromatic heterocycles. The minimum atomic E-state index is -3.34. The van der Waals surface area contributed by atoms with E-state index in [0.717, 1.165) is 0 Å². The summed E-state index contributed by atoms with van der Waals surface area (Å²) in [6, 6.07) is 0. The lowest BCUT2D eigenvalue weighted by molar-refractivity contribution is 0.419. The van der Waals surface area contributed by atoms with Gasteiger partial charge in [0.15, 0.2) is 0 Å². The molecule has 0 aromatic rings. The molecule has 0 bridgehead atoms. The molecule has 1 rings (SSSR count). The average Bonchev–Trinajstić information content (AvgIpc) is 2.04. The predicted octanol–water partition coefficient (Wildman–Crippen LogP) is 2.69. The van der Waals surface area contributed by atoms with Gasteiger partial charge >= 0.3 is 0 Å². The Morgan fingerprint density at radius 2 is 1.85 bits per heavy atom. The molecular formula is C9H15ClO2S. The zero-order valence-corrected chi connectivity index (χ0v) is 9.15. The smallest absolute Gasteiger partial charge is 0.212 e. The minimum Gasteiger partial charge on any atom is -0.212 e. The monoisotopic (exact) mass is 222 g/mol. The van der Waals surface area contributed by atoms with Crippen molar-refractivity contribution >= 4 is 19.7 Å². The van der Waals surface area contributed by atoms with Gasteiger partial charge in [-0.15, -0.1) is 0 Å². The molecule has 0 heterocycles. The Morgan fingerprint density at radius 3 is 2.38 bits per heavy atom. The zero-order chi connectivity index (χ0) is 9.73. The lowest BCUT2D eigenvalue weighted by Crippen LogP contribution is -2.03. The Bertz CT molecular complexity index is 263. The van der Waals surface area contributed by atoms with Crippen molar-refractivity contribution < 1.29 is 8.42 Å². The second-order valence-corrected chi connectivity index (χ2v) is 6.35. The molecule has 0 aliphatic heterocycles. The van der Waals surface area contributed by atoms with Gasteiger partial charge in [-0.25, -0.2) is 8.42 Å². The molecule has 0 amide bonds. The molecule has 0 saturated heterocycles. The lowest BCUT2D eigenvalue weighted by atomic mass is 9.89. The van der Waals surface area contributed by atoms with Crippen LogP contribution in [0.5, 0.6) is 0 Å². The molecule has 0 aromatic carbocycles. The quantitative estimate of drug-likeness (QED) is 0.544. The van der Waals surface area contributed by atoms with E-state index in [1.807, 2.05) is 6.08 Å². The first-order valence-corrected chi connectivity index (χ1v) is 7.15. The number of rotatable bonds is 3. The standard InChI is InChI=1S/C9H15ClO2S/c10-13(11,12)8-4-7-9-5-2-1-3-6-9/h4,7,9H,1-3,5-6,8H2. The molecule has 1 aliphatic rings. The summed E-state index contributed by atoms with van der Waals surface area (Å²) in [6.45, 7) is 0. The third-order valence-electron chi connectivity index (χ3n) is 2.35. The first kappa shape index (κ1) is 11.1. The van der Waals surface area contributed by atoms with Crippen molar-refractivity contribution in [2.45, 2.75) is 32.1 Å². The maximum Gasteiger partial charge on any atom is 0.236 e. The van der Waals surface area contributed by atoms with Crippen molar-refractivity contribution in [2.24, 2.45) is 5.92 Å². The van der Waals surface area contributed by atoms with E-state index >= 15 is 0 Å². The summed E-state index contributed by atoms with van der Waals surface area (Å²) in [7, 11) is 1.73. The molecular weight excluding hydrogens is 208 g/mol. The molecule has 0 radical (unpaired) electrons. The Hall–Kier alpha value is -0.0200. The molecule has 1 saturated carbocycles. The van der Waals surface area contributed by atoms with Crippen LogP contribution in [-0.4, -0.2) is 14.2 Å². The van der Waals surface area contributed by atoms with Gasteiger partial charge in [-0.2, -0.15) is 0 Å². The van der Waals surface area contributed by atoms with Crippen molar-refractivity contribution in [1.29, 1.82) is 0 Å². The van der Waals surface area contributed by atoms with Gasteiger partial charge in [-0.1, -0.05) is 31.4 Å². The second-order valence-electron chi connectivity index (χ2n) is 3.53. The minimum absolute atomic E-state index is 0.0367. The highest BCUT2D eigenvalue weighted by Crippen LogP contribution is 2.24. The number of hydrogen-bond acceptors (Lipinski definition) is 2. The third kappa shape index (κ3) is 5.32. The highest BCUT2D eigenvalue weighted by Gasteiger charge is 2.10. The van der Waals surface area contributed by atoms with Crippen LogP contribution in [0.3, 0.4) is 0 Å². The van der Waals surface area contributed by atoms with Gasteiger partial charge < -0.3 is 0 Å². The third-order valence-corrected chi connectivity index (χ3v) is 3.32. The molecule has 0 spiro atoms. The maximum absolute atomic E-state index is 10.6. The van der Waals surface area contributed by atoms with Crippen molar-refractivity contribution in [3.63, 3.8) is 0 Å². The van der Waals surface area contributed by atoms with E-state index in [0.29, 0.717) is 5.92 Å². The number of allylic oxidation sites excluding steroid dienone is 1. The average molecular weight is 223 g/mol. The first-order chi connectivity index (χ1) is 6.08. The van der Waals surface area contributed by atoms with Crippen LogP contribution in [0.25, 0.3) is 0 Å². The van der Waals surface area contributed by atoms with Crippen molar-refractivity contribution in [1.82, 2.24) is 0 Å². The molecule has 76 valence electrons.